The maximum atomic E-state index is 13.3. The van der Waals surface area contributed by atoms with Gasteiger partial charge in [-0.25, -0.2) is 4.39 Å². The van der Waals surface area contributed by atoms with Gasteiger partial charge in [0.1, 0.15) is 11.6 Å². The van der Waals surface area contributed by atoms with E-state index in [0.29, 0.717) is 24.3 Å². The van der Waals surface area contributed by atoms with Gasteiger partial charge in [-0.3, -0.25) is 0 Å². The molecule has 0 amide bonds. The molecule has 0 saturated heterocycles. The Bertz CT molecular complexity index is 690. The Balaban J connectivity index is 1.92. The van der Waals surface area contributed by atoms with Crippen molar-refractivity contribution in [1.82, 2.24) is 0 Å². The molecule has 3 rings (SSSR count). The Kier molecular flexibility index (Phi) is 3.87. The van der Waals surface area contributed by atoms with Gasteiger partial charge in [0, 0.05) is 28.6 Å². The third-order valence-electron chi connectivity index (χ3n) is 3.65. The number of hydrogen-bond acceptors (Lipinski definition) is 3. The van der Waals surface area contributed by atoms with Crippen LogP contribution < -0.4 is 10.5 Å². The van der Waals surface area contributed by atoms with Crippen LogP contribution in [0.4, 0.5) is 10.1 Å². The summed E-state index contributed by atoms with van der Waals surface area (Å²) in [4.78, 5) is 0. The highest BCUT2D eigenvalue weighted by Crippen LogP contribution is 2.36. The van der Waals surface area contributed by atoms with Crippen molar-refractivity contribution in [3.05, 3.63) is 57.3 Å². The molecule has 2 aromatic rings. The van der Waals surface area contributed by atoms with Crippen LogP contribution in [-0.4, -0.2) is 11.7 Å². The first-order valence-electron chi connectivity index (χ1n) is 6.71. The normalized spacial score (nSPS) is 14.6. The van der Waals surface area contributed by atoms with E-state index in [2.05, 4.69) is 15.9 Å². The highest BCUT2D eigenvalue weighted by atomic mass is 79.9. The Hall–Kier alpha value is -1.59. The molecule has 0 aliphatic carbocycles. The Morgan fingerprint density at radius 3 is 2.95 bits per heavy atom. The molecule has 21 heavy (non-hydrogen) atoms. The van der Waals surface area contributed by atoms with Crippen molar-refractivity contribution in [2.45, 2.75) is 18.9 Å². The van der Waals surface area contributed by atoms with E-state index in [-0.39, 0.29) is 0 Å². The fourth-order valence-electron chi connectivity index (χ4n) is 2.65. The summed E-state index contributed by atoms with van der Waals surface area (Å²) in [6.07, 6.45) is 0.318. The first kappa shape index (κ1) is 14.4. The molecule has 110 valence electrons. The van der Waals surface area contributed by atoms with E-state index >= 15 is 0 Å². The number of rotatable bonds is 3. The highest BCUT2D eigenvalue weighted by Gasteiger charge is 2.21. The zero-order valence-electron chi connectivity index (χ0n) is 11.3. The predicted octanol–water partition coefficient (Wildman–Crippen LogP) is 3.38. The molecule has 0 bridgehead atoms. The van der Waals surface area contributed by atoms with Crippen LogP contribution in [0.2, 0.25) is 0 Å². The molecule has 0 spiro atoms. The number of nitrogens with two attached hydrogens (primary N) is 1. The average molecular weight is 352 g/mol. The summed E-state index contributed by atoms with van der Waals surface area (Å²) < 4.78 is 19.9. The fourth-order valence-corrected chi connectivity index (χ4v) is 3.20. The summed E-state index contributed by atoms with van der Waals surface area (Å²) in [7, 11) is 0. The van der Waals surface area contributed by atoms with Gasteiger partial charge in [-0.05, 0) is 41.5 Å². The summed E-state index contributed by atoms with van der Waals surface area (Å²) in [5, 5.41) is 10.4. The van der Waals surface area contributed by atoms with Gasteiger partial charge in [-0.2, -0.15) is 0 Å². The fraction of sp³-hybridized carbons (Fsp3) is 0.250. The van der Waals surface area contributed by atoms with Gasteiger partial charge in [0.25, 0.3) is 0 Å². The highest BCUT2D eigenvalue weighted by molar-refractivity contribution is 9.10. The first-order chi connectivity index (χ1) is 10.0. The SMILES string of the molecule is Nc1ccc(F)cc1C(O)Cc1cc(Br)cc2c1OCC2. The van der Waals surface area contributed by atoms with Crippen molar-refractivity contribution in [3.63, 3.8) is 0 Å². The van der Waals surface area contributed by atoms with Crippen LogP contribution in [0, 0.1) is 5.82 Å². The molecule has 3 nitrogen and oxygen atoms in total. The number of halogens is 2. The number of fused-ring (bicyclic) bond motifs is 1. The number of hydrogen-bond donors (Lipinski definition) is 2. The molecule has 2 aromatic carbocycles. The molecule has 5 heteroatoms. The maximum Gasteiger partial charge on any atom is 0.125 e. The molecular formula is C16H15BrFNO2. The molecule has 1 aliphatic heterocycles. The van der Waals surface area contributed by atoms with Crippen molar-refractivity contribution < 1.29 is 14.2 Å². The summed E-state index contributed by atoms with van der Waals surface area (Å²) in [5.41, 5.74) is 8.63. The minimum Gasteiger partial charge on any atom is -0.493 e. The van der Waals surface area contributed by atoms with Gasteiger partial charge in [0.05, 0.1) is 12.7 Å². The number of aliphatic hydroxyl groups excluding tert-OH is 1. The molecule has 0 aromatic heterocycles. The van der Waals surface area contributed by atoms with E-state index in [1.54, 1.807) is 0 Å². The van der Waals surface area contributed by atoms with Gasteiger partial charge in [0.15, 0.2) is 0 Å². The van der Waals surface area contributed by atoms with Gasteiger partial charge in [-0.15, -0.1) is 0 Å². The van der Waals surface area contributed by atoms with E-state index < -0.39 is 11.9 Å². The largest absolute Gasteiger partial charge is 0.493 e. The second-order valence-electron chi connectivity index (χ2n) is 5.14. The standard InChI is InChI=1S/C16H15BrFNO2/c17-11-5-9-3-4-21-16(9)10(6-11)7-15(20)13-8-12(18)1-2-14(13)19/h1-2,5-6,8,15,20H,3-4,7,19H2. The minimum absolute atomic E-state index is 0.329. The van der Waals surface area contributed by atoms with E-state index in [9.17, 15) is 9.50 Å². The molecular weight excluding hydrogens is 337 g/mol. The molecule has 3 N–H and O–H groups in total. The molecule has 1 aliphatic rings. The summed E-state index contributed by atoms with van der Waals surface area (Å²) >= 11 is 3.47. The van der Waals surface area contributed by atoms with Crippen molar-refractivity contribution in [3.8, 4) is 5.75 Å². The molecule has 1 atom stereocenters. The summed E-state index contributed by atoms with van der Waals surface area (Å²) in [6, 6.07) is 7.97. The quantitative estimate of drug-likeness (QED) is 0.833. The summed E-state index contributed by atoms with van der Waals surface area (Å²) in [6.45, 7) is 0.650. The number of aliphatic hydroxyl groups is 1. The Morgan fingerprint density at radius 2 is 2.14 bits per heavy atom. The molecule has 0 fully saturated rings. The number of anilines is 1. The smallest absolute Gasteiger partial charge is 0.125 e. The topological polar surface area (TPSA) is 55.5 Å². The van der Waals surface area contributed by atoms with Gasteiger partial charge < -0.3 is 15.6 Å². The zero-order chi connectivity index (χ0) is 15.0. The second kappa shape index (κ2) is 5.66. The van der Waals surface area contributed by atoms with Crippen LogP contribution in [0.25, 0.3) is 0 Å². The maximum absolute atomic E-state index is 13.3. The predicted molar refractivity (Wildman–Crippen MR) is 82.8 cm³/mol. The van der Waals surface area contributed by atoms with Crippen LogP contribution >= 0.6 is 15.9 Å². The van der Waals surface area contributed by atoms with E-state index in [4.69, 9.17) is 10.5 Å². The number of ether oxygens (including phenoxy) is 1. The molecule has 0 radical (unpaired) electrons. The van der Waals surface area contributed by atoms with E-state index in [1.807, 2.05) is 12.1 Å². The molecule has 1 heterocycles. The lowest BCUT2D eigenvalue weighted by atomic mass is 9.97. The van der Waals surface area contributed by atoms with Gasteiger partial charge >= 0.3 is 0 Å². The van der Waals surface area contributed by atoms with Crippen molar-refractivity contribution in [2.24, 2.45) is 0 Å². The third-order valence-corrected chi connectivity index (χ3v) is 4.10. The lowest BCUT2D eigenvalue weighted by molar-refractivity contribution is 0.177. The Morgan fingerprint density at radius 1 is 1.33 bits per heavy atom. The van der Waals surface area contributed by atoms with Gasteiger partial charge in [0.2, 0.25) is 0 Å². The van der Waals surface area contributed by atoms with Crippen molar-refractivity contribution in [2.75, 3.05) is 12.3 Å². The van der Waals surface area contributed by atoms with E-state index in [0.717, 1.165) is 27.8 Å². The Labute approximate surface area is 130 Å². The molecule has 1 unspecified atom stereocenters. The third kappa shape index (κ3) is 2.89. The van der Waals surface area contributed by atoms with Crippen molar-refractivity contribution in [1.29, 1.82) is 0 Å². The van der Waals surface area contributed by atoms with E-state index in [1.165, 1.54) is 18.2 Å². The summed E-state index contributed by atoms with van der Waals surface area (Å²) in [5.74, 6) is 0.418. The van der Waals surface area contributed by atoms with Crippen molar-refractivity contribution >= 4 is 21.6 Å². The zero-order valence-corrected chi connectivity index (χ0v) is 12.9. The van der Waals surface area contributed by atoms with Gasteiger partial charge in [-0.1, -0.05) is 15.9 Å². The number of benzene rings is 2. The van der Waals surface area contributed by atoms with Crippen LogP contribution in [0.3, 0.4) is 0 Å². The van der Waals surface area contributed by atoms with Crippen LogP contribution in [0.15, 0.2) is 34.8 Å². The minimum atomic E-state index is -0.872. The van der Waals surface area contributed by atoms with Crippen LogP contribution in [0.5, 0.6) is 5.75 Å². The molecule has 0 saturated carbocycles. The average Bonchev–Trinajstić information content (AvgIpc) is 2.89. The number of nitrogen functional groups attached to an aromatic ring is 1. The first-order valence-corrected chi connectivity index (χ1v) is 7.51. The monoisotopic (exact) mass is 351 g/mol. The van der Waals surface area contributed by atoms with Crippen LogP contribution in [-0.2, 0) is 12.8 Å². The lowest BCUT2D eigenvalue weighted by Gasteiger charge is -2.16. The lowest BCUT2D eigenvalue weighted by Crippen LogP contribution is -2.07. The second-order valence-corrected chi connectivity index (χ2v) is 6.06. The van der Waals surface area contributed by atoms with Crippen LogP contribution in [0.1, 0.15) is 22.8 Å².